The van der Waals surface area contributed by atoms with Crippen LogP contribution >= 0.6 is 0 Å². The Balaban J connectivity index is 1.61. The van der Waals surface area contributed by atoms with E-state index in [2.05, 4.69) is 58.9 Å². The van der Waals surface area contributed by atoms with Crippen molar-refractivity contribution in [1.29, 1.82) is 0 Å². The predicted octanol–water partition coefficient (Wildman–Crippen LogP) is 5.09. The Morgan fingerprint density at radius 1 is 1.09 bits per heavy atom. The van der Waals surface area contributed by atoms with Gasteiger partial charge in [0, 0.05) is 30.6 Å². The van der Waals surface area contributed by atoms with Crippen molar-refractivity contribution < 1.29 is 14.1 Å². The van der Waals surface area contributed by atoms with E-state index in [1.807, 2.05) is 12.1 Å². The highest BCUT2D eigenvalue weighted by molar-refractivity contribution is 6.03. The zero-order valence-electron chi connectivity index (χ0n) is 19.5. The topological polar surface area (TPSA) is 109 Å². The van der Waals surface area contributed by atoms with Crippen molar-refractivity contribution in [2.45, 2.75) is 33.2 Å². The van der Waals surface area contributed by atoms with E-state index < -0.39 is 5.97 Å². The zero-order chi connectivity index (χ0) is 24.0. The number of anilines is 1. The van der Waals surface area contributed by atoms with Crippen LogP contribution in [0, 0.1) is 6.92 Å². The van der Waals surface area contributed by atoms with Crippen molar-refractivity contribution in [3.05, 3.63) is 71.4 Å². The standard InChI is InChI=1S/C26H25N5O3/c1-14(2)25-29-23-21(26(32)33-4)11-20(27)12-22(23)31(25)13-16-5-6-17-7-8-18(10-19(17)9-16)24-28-15(3)34-30-24/h5-12,14H,13,27H2,1-4H3. The van der Waals surface area contributed by atoms with Gasteiger partial charge in [-0.3, -0.25) is 0 Å². The lowest BCUT2D eigenvalue weighted by molar-refractivity contribution is 0.0603. The molecular formula is C26H25N5O3. The molecule has 0 aliphatic carbocycles. The second-order valence-corrected chi connectivity index (χ2v) is 8.67. The molecular weight excluding hydrogens is 430 g/mol. The molecule has 0 saturated heterocycles. The number of nitrogens with zero attached hydrogens (tertiary/aromatic N) is 4. The molecule has 0 aliphatic heterocycles. The molecule has 0 spiro atoms. The molecule has 0 fully saturated rings. The van der Waals surface area contributed by atoms with E-state index in [1.54, 1.807) is 13.0 Å². The number of methoxy groups -OCH3 is 1. The Hall–Kier alpha value is -4.20. The van der Waals surface area contributed by atoms with Gasteiger partial charge in [0.1, 0.15) is 11.3 Å². The molecule has 0 amide bonds. The minimum atomic E-state index is -0.452. The maximum absolute atomic E-state index is 12.4. The lowest BCUT2D eigenvalue weighted by atomic mass is 10.0. The van der Waals surface area contributed by atoms with Crippen LogP contribution in [0.1, 0.15) is 47.4 Å². The average Bonchev–Trinajstić information content (AvgIpc) is 3.41. The maximum Gasteiger partial charge on any atom is 0.340 e. The molecule has 172 valence electrons. The van der Waals surface area contributed by atoms with Gasteiger partial charge in [0.05, 0.1) is 18.2 Å². The van der Waals surface area contributed by atoms with Gasteiger partial charge in [0.25, 0.3) is 0 Å². The van der Waals surface area contributed by atoms with Gasteiger partial charge in [-0.1, -0.05) is 43.3 Å². The lowest BCUT2D eigenvalue weighted by Crippen LogP contribution is -2.07. The fraction of sp³-hybridized carbons (Fsp3) is 0.231. The van der Waals surface area contributed by atoms with Crippen molar-refractivity contribution in [3.8, 4) is 11.4 Å². The third-order valence-corrected chi connectivity index (χ3v) is 5.86. The number of ether oxygens (including phenoxy) is 1. The molecule has 0 saturated carbocycles. The summed E-state index contributed by atoms with van der Waals surface area (Å²) in [7, 11) is 1.36. The first kappa shape index (κ1) is 21.6. The number of carbonyl (C=O) groups excluding carboxylic acids is 1. The van der Waals surface area contributed by atoms with Crippen LogP contribution < -0.4 is 5.73 Å². The first-order chi connectivity index (χ1) is 16.3. The highest BCUT2D eigenvalue weighted by Crippen LogP contribution is 2.29. The van der Waals surface area contributed by atoms with Gasteiger partial charge in [-0.15, -0.1) is 0 Å². The second-order valence-electron chi connectivity index (χ2n) is 8.67. The summed E-state index contributed by atoms with van der Waals surface area (Å²) in [5.74, 6) is 1.67. The number of nitrogens with two attached hydrogens (primary N) is 1. The van der Waals surface area contributed by atoms with E-state index in [1.165, 1.54) is 7.11 Å². The van der Waals surface area contributed by atoms with Crippen LogP contribution in [0.2, 0.25) is 0 Å². The Kier molecular flexibility index (Phi) is 5.28. The molecule has 2 heterocycles. The molecule has 0 radical (unpaired) electrons. The molecule has 0 atom stereocenters. The Morgan fingerprint density at radius 3 is 2.59 bits per heavy atom. The van der Waals surface area contributed by atoms with E-state index in [-0.39, 0.29) is 5.92 Å². The summed E-state index contributed by atoms with van der Waals surface area (Å²) >= 11 is 0. The number of carbonyl (C=O) groups is 1. The normalized spacial score (nSPS) is 11.6. The number of imidazole rings is 1. The smallest absolute Gasteiger partial charge is 0.340 e. The zero-order valence-corrected chi connectivity index (χ0v) is 19.5. The van der Waals surface area contributed by atoms with Gasteiger partial charge >= 0.3 is 5.97 Å². The van der Waals surface area contributed by atoms with Crippen LogP contribution in [0.3, 0.4) is 0 Å². The number of benzene rings is 3. The van der Waals surface area contributed by atoms with E-state index in [0.29, 0.717) is 35.0 Å². The van der Waals surface area contributed by atoms with Crippen molar-refractivity contribution in [2.75, 3.05) is 12.8 Å². The SMILES string of the molecule is COC(=O)c1cc(N)cc2c1nc(C(C)C)n2Cc1ccc2ccc(-c3noc(C)n3)cc2c1. The molecule has 5 rings (SSSR count). The van der Waals surface area contributed by atoms with E-state index in [4.69, 9.17) is 20.0 Å². The molecule has 3 aromatic carbocycles. The van der Waals surface area contributed by atoms with Gasteiger partial charge in [0.2, 0.25) is 11.7 Å². The van der Waals surface area contributed by atoms with Crippen molar-refractivity contribution >= 4 is 33.5 Å². The fourth-order valence-electron chi connectivity index (χ4n) is 4.27. The van der Waals surface area contributed by atoms with Gasteiger partial charge in [0.15, 0.2) is 0 Å². The Labute approximate surface area is 196 Å². The number of hydrogen-bond acceptors (Lipinski definition) is 7. The van der Waals surface area contributed by atoms with Crippen molar-refractivity contribution in [3.63, 3.8) is 0 Å². The maximum atomic E-state index is 12.4. The molecule has 2 N–H and O–H groups in total. The summed E-state index contributed by atoms with van der Waals surface area (Å²) in [4.78, 5) is 21.5. The van der Waals surface area contributed by atoms with E-state index in [9.17, 15) is 4.79 Å². The lowest BCUT2D eigenvalue weighted by Gasteiger charge is -2.13. The summed E-state index contributed by atoms with van der Waals surface area (Å²) < 4.78 is 12.2. The molecule has 8 nitrogen and oxygen atoms in total. The number of esters is 1. The second kappa shape index (κ2) is 8.30. The van der Waals surface area contributed by atoms with Crippen LogP contribution in [0.15, 0.2) is 53.1 Å². The highest BCUT2D eigenvalue weighted by atomic mass is 16.5. The first-order valence-electron chi connectivity index (χ1n) is 11.1. The largest absolute Gasteiger partial charge is 0.465 e. The summed E-state index contributed by atoms with van der Waals surface area (Å²) in [5, 5.41) is 6.22. The number of aromatic nitrogens is 4. The molecule has 5 aromatic rings. The number of aryl methyl sites for hydroxylation is 1. The number of rotatable bonds is 5. The number of hydrogen-bond donors (Lipinski definition) is 1. The minimum Gasteiger partial charge on any atom is -0.465 e. The molecule has 0 unspecified atom stereocenters. The van der Waals surface area contributed by atoms with Crippen molar-refractivity contribution in [2.24, 2.45) is 0 Å². The van der Waals surface area contributed by atoms with E-state index >= 15 is 0 Å². The summed E-state index contributed by atoms with van der Waals surface area (Å²) in [6.07, 6.45) is 0. The van der Waals surface area contributed by atoms with E-state index in [0.717, 1.165) is 33.2 Å². The van der Waals surface area contributed by atoms with Crippen LogP contribution in [0.4, 0.5) is 5.69 Å². The van der Waals surface area contributed by atoms with Gasteiger partial charge < -0.3 is 19.6 Å². The molecule has 0 aliphatic rings. The summed E-state index contributed by atoms with van der Waals surface area (Å²) in [6.45, 7) is 6.52. The molecule has 34 heavy (non-hydrogen) atoms. The monoisotopic (exact) mass is 455 g/mol. The average molecular weight is 456 g/mol. The van der Waals surface area contributed by atoms with Gasteiger partial charge in [-0.25, -0.2) is 9.78 Å². The fourth-order valence-corrected chi connectivity index (χ4v) is 4.27. The molecule has 2 aromatic heterocycles. The number of fused-ring (bicyclic) bond motifs is 2. The van der Waals surface area contributed by atoms with Gasteiger partial charge in [-0.2, -0.15) is 4.98 Å². The van der Waals surface area contributed by atoms with Gasteiger partial charge in [-0.05, 0) is 40.6 Å². The Bertz CT molecular complexity index is 1550. The third-order valence-electron chi connectivity index (χ3n) is 5.86. The summed E-state index contributed by atoms with van der Waals surface area (Å²) in [5.41, 5.74) is 10.4. The number of nitrogen functional groups attached to an aromatic ring is 1. The highest BCUT2D eigenvalue weighted by Gasteiger charge is 2.21. The molecule has 8 heteroatoms. The first-order valence-corrected chi connectivity index (χ1v) is 11.1. The quantitative estimate of drug-likeness (QED) is 0.290. The Morgan fingerprint density at radius 2 is 1.88 bits per heavy atom. The third kappa shape index (κ3) is 3.77. The van der Waals surface area contributed by atoms with Crippen LogP contribution in [-0.2, 0) is 11.3 Å². The van der Waals surface area contributed by atoms with Crippen molar-refractivity contribution in [1.82, 2.24) is 19.7 Å². The van der Waals surface area contributed by atoms with Crippen LogP contribution in [0.25, 0.3) is 33.2 Å². The summed E-state index contributed by atoms with van der Waals surface area (Å²) in [6, 6.07) is 15.9. The predicted molar refractivity (Wildman–Crippen MR) is 131 cm³/mol. The molecule has 0 bridgehead atoms. The minimum absolute atomic E-state index is 0.146. The van der Waals surface area contributed by atoms with Crippen LogP contribution in [-0.4, -0.2) is 32.8 Å². The van der Waals surface area contributed by atoms with Crippen LogP contribution in [0.5, 0.6) is 0 Å².